The fourth-order valence-electron chi connectivity index (χ4n) is 4.21. The minimum absolute atomic E-state index is 0.163. The predicted molar refractivity (Wildman–Crippen MR) is 129 cm³/mol. The second-order valence-corrected chi connectivity index (χ2v) is 7.91. The van der Waals surface area contributed by atoms with Gasteiger partial charge in [-0.1, -0.05) is 18.2 Å². The maximum atomic E-state index is 11.6. The van der Waals surface area contributed by atoms with Crippen molar-refractivity contribution >= 4 is 52.3 Å². The first kappa shape index (κ1) is 18.3. The molecule has 2 N–H and O–H groups in total. The first-order chi connectivity index (χ1) is 15.7. The van der Waals surface area contributed by atoms with Gasteiger partial charge in [0.05, 0.1) is 22.8 Å². The Labute approximate surface area is 183 Å². The maximum Gasteiger partial charge on any atom is 0.128 e. The number of H-pyrrole nitrogens is 2. The van der Waals surface area contributed by atoms with Crippen LogP contribution in [0.5, 0.6) is 0 Å². The molecule has 3 aromatic rings. The summed E-state index contributed by atoms with van der Waals surface area (Å²) in [5.74, 6) is 1.93. The van der Waals surface area contributed by atoms with Crippen LogP contribution in [0, 0.1) is 0 Å². The Hall–Kier alpha value is -4.47. The van der Waals surface area contributed by atoms with Crippen LogP contribution < -0.4 is 0 Å². The van der Waals surface area contributed by atoms with E-state index < -0.39 is 0 Å². The van der Waals surface area contributed by atoms with Crippen LogP contribution in [0.25, 0.3) is 46.4 Å². The van der Waals surface area contributed by atoms with Crippen LogP contribution in [-0.4, -0.2) is 25.9 Å². The van der Waals surface area contributed by atoms with Gasteiger partial charge in [-0.05, 0) is 78.4 Å². The highest BCUT2D eigenvalue weighted by atomic mass is 16.1. The van der Waals surface area contributed by atoms with Crippen LogP contribution in [-0.2, 0) is 4.79 Å². The van der Waals surface area contributed by atoms with Gasteiger partial charge in [-0.3, -0.25) is 0 Å². The van der Waals surface area contributed by atoms with Crippen LogP contribution in [0.3, 0.4) is 0 Å². The van der Waals surface area contributed by atoms with Crippen molar-refractivity contribution in [1.29, 1.82) is 0 Å². The van der Waals surface area contributed by atoms with Crippen molar-refractivity contribution in [1.82, 2.24) is 19.9 Å². The van der Waals surface area contributed by atoms with E-state index in [1.165, 1.54) is 0 Å². The summed E-state index contributed by atoms with van der Waals surface area (Å²) in [5.41, 5.74) is 8.87. The van der Waals surface area contributed by atoms with E-state index in [1.807, 2.05) is 78.9 Å². The molecule has 0 saturated heterocycles. The van der Waals surface area contributed by atoms with Crippen LogP contribution in [0.15, 0.2) is 72.3 Å². The summed E-state index contributed by atoms with van der Waals surface area (Å²) in [6, 6.07) is 14.2. The van der Waals surface area contributed by atoms with Crippen LogP contribution in [0.4, 0.5) is 0 Å². The molecule has 6 rings (SSSR count). The first-order valence-corrected chi connectivity index (χ1v) is 10.4. The van der Waals surface area contributed by atoms with Gasteiger partial charge in [0.25, 0.3) is 0 Å². The lowest BCUT2D eigenvalue weighted by Crippen LogP contribution is -2.00. The van der Waals surface area contributed by atoms with E-state index in [0.29, 0.717) is 5.57 Å². The van der Waals surface area contributed by atoms with Crippen molar-refractivity contribution in [3.8, 4) is 0 Å². The summed E-state index contributed by atoms with van der Waals surface area (Å²) in [7, 11) is 0. The predicted octanol–water partition coefficient (Wildman–Crippen LogP) is 5.62. The summed E-state index contributed by atoms with van der Waals surface area (Å²) >= 11 is 0. The van der Waals surface area contributed by atoms with Gasteiger partial charge in [-0.15, -0.1) is 0 Å². The third-order valence-electron chi connectivity index (χ3n) is 5.68. The lowest BCUT2D eigenvalue weighted by Gasteiger charge is -2.12. The second kappa shape index (κ2) is 7.34. The lowest BCUT2D eigenvalue weighted by atomic mass is 9.89. The van der Waals surface area contributed by atoms with E-state index in [4.69, 9.17) is 4.98 Å². The zero-order chi connectivity index (χ0) is 21.5. The standard InChI is InChI=1S/C27H18N4O/c32-16-17-3-1-2-4-25(17)26-14-24-13-22-8-7-20(29-22)11-18-5-6-19(28-18)12-21-9-10-23(30-21)15-27(26)31-24/h1-15,25,29,31H. The Bertz CT molecular complexity index is 1590. The Morgan fingerprint density at radius 2 is 1.38 bits per heavy atom. The Morgan fingerprint density at radius 3 is 2.12 bits per heavy atom. The van der Waals surface area contributed by atoms with Gasteiger partial charge >= 0.3 is 0 Å². The van der Waals surface area contributed by atoms with E-state index in [1.54, 1.807) is 0 Å². The molecule has 0 radical (unpaired) electrons. The highest BCUT2D eigenvalue weighted by Gasteiger charge is 2.18. The van der Waals surface area contributed by atoms with Crippen molar-refractivity contribution in [2.75, 3.05) is 0 Å². The second-order valence-electron chi connectivity index (χ2n) is 7.91. The summed E-state index contributed by atoms with van der Waals surface area (Å²) in [4.78, 5) is 27.9. The number of nitrogens with zero attached hydrogens (tertiary/aromatic N) is 2. The molecule has 2 aliphatic heterocycles. The molecule has 0 fully saturated rings. The van der Waals surface area contributed by atoms with Gasteiger partial charge in [0.15, 0.2) is 0 Å². The number of fused-ring (bicyclic) bond motifs is 8. The smallest absolute Gasteiger partial charge is 0.128 e. The van der Waals surface area contributed by atoms with E-state index in [-0.39, 0.29) is 5.92 Å². The number of hydrogen-bond acceptors (Lipinski definition) is 3. The van der Waals surface area contributed by atoms with E-state index in [0.717, 1.165) is 50.4 Å². The number of allylic oxidation sites excluding steroid dienone is 5. The van der Waals surface area contributed by atoms with Crippen molar-refractivity contribution in [3.05, 3.63) is 101 Å². The first-order valence-electron chi connectivity index (χ1n) is 10.4. The summed E-state index contributed by atoms with van der Waals surface area (Å²) < 4.78 is 0. The van der Waals surface area contributed by atoms with Gasteiger partial charge in [0, 0.05) is 33.6 Å². The maximum absolute atomic E-state index is 11.6. The monoisotopic (exact) mass is 414 g/mol. The molecule has 5 nitrogen and oxygen atoms in total. The molecule has 3 aliphatic rings. The zero-order valence-electron chi connectivity index (χ0n) is 17.0. The fraction of sp³-hybridized carbons (Fsp3) is 0.0370. The number of hydrogen-bond donors (Lipinski definition) is 2. The number of rotatable bonds is 1. The summed E-state index contributed by atoms with van der Waals surface area (Å²) in [6.07, 6.45) is 15.6. The molecular weight excluding hydrogens is 396 g/mol. The number of nitrogens with one attached hydrogen (secondary N) is 2. The number of aromatic amines is 2. The molecule has 5 heteroatoms. The SMILES string of the molecule is O=C=C1C=CC=CC1c1cc2cc3ccc(cc4nc(cc5nc(cc1[nH]2)C=C5)C=C4)[nH]3. The van der Waals surface area contributed by atoms with Crippen molar-refractivity contribution in [3.63, 3.8) is 0 Å². The highest BCUT2D eigenvalue weighted by molar-refractivity contribution is 5.79. The van der Waals surface area contributed by atoms with E-state index in [2.05, 4.69) is 33.0 Å². The normalized spacial score (nSPS) is 16.5. The summed E-state index contributed by atoms with van der Waals surface area (Å²) in [6.45, 7) is 0. The van der Waals surface area contributed by atoms with E-state index >= 15 is 0 Å². The molecular formula is C27H18N4O. The molecule has 0 spiro atoms. The number of carbonyl (C=O) groups excluding carboxylic acids is 1. The van der Waals surface area contributed by atoms with Gasteiger partial charge in [-0.2, -0.15) is 0 Å². The van der Waals surface area contributed by atoms with Gasteiger partial charge in [-0.25, -0.2) is 14.8 Å². The minimum Gasteiger partial charge on any atom is -0.355 e. The molecule has 152 valence electrons. The molecule has 32 heavy (non-hydrogen) atoms. The fourth-order valence-corrected chi connectivity index (χ4v) is 4.21. The molecule has 0 amide bonds. The Morgan fingerprint density at radius 1 is 0.688 bits per heavy atom. The molecule has 1 unspecified atom stereocenters. The minimum atomic E-state index is -0.163. The summed E-state index contributed by atoms with van der Waals surface area (Å²) in [5, 5.41) is 0. The molecule has 8 bridgehead atoms. The van der Waals surface area contributed by atoms with Crippen LogP contribution >= 0.6 is 0 Å². The van der Waals surface area contributed by atoms with Crippen LogP contribution in [0.1, 0.15) is 34.3 Å². The topological polar surface area (TPSA) is 74.4 Å². The molecule has 3 aromatic heterocycles. The van der Waals surface area contributed by atoms with Gasteiger partial charge in [0.2, 0.25) is 0 Å². The molecule has 5 heterocycles. The average Bonchev–Trinajstić information content (AvgIpc) is 3.59. The van der Waals surface area contributed by atoms with Crippen molar-refractivity contribution < 1.29 is 4.79 Å². The molecule has 1 atom stereocenters. The van der Waals surface area contributed by atoms with Gasteiger partial charge in [0.1, 0.15) is 5.94 Å². The van der Waals surface area contributed by atoms with Gasteiger partial charge < -0.3 is 9.97 Å². The van der Waals surface area contributed by atoms with Crippen LogP contribution in [0.2, 0.25) is 0 Å². The third-order valence-corrected chi connectivity index (χ3v) is 5.68. The molecule has 0 aromatic carbocycles. The lowest BCUT2D eigenvalue weighted by molar-refractivity contribution is 0.566. The molecule has 1 aliphatic carbocycles. The van der Waals surface area contributed by atoms with Crippen molar-refractivity contribution in [2.45, 2.75) is 5.92 Å². The quantitative estimate of drug-likeness (QED) is 0.350. The Balaban J connectivity index is 1.66. The largest absolute Gasteiger partial charge is 0.355 e. The van der Waals surface area contributed by atoms with E-state index in [9.17, 15) is 4.79 Å². The Kier molecular flexibility index (Phi) is 4.20. The number of aromatic nitrogens is 4. The van der Waals surface area contributed by atoms with Crippen molar-refractivity contribution in [2.24, 2.45) is 0 Å². The molecule has 0 saturated carbocycles. The average molecular weight is 414 g/mol. The highest BCUT2D eigenvalue weighted by Crippen LogP contribution is 2.32. The third kappa shape index (κ3) is 3.37. The zero-order valence-corrected chi connectivity index (χ0v) is 17.0.